The number of benzene rings is 13. The van der Waals surface area contributed by atoms with Gasteiger partial charge in [-0.2, -0.15) is 0 Å². The molecular weight excluding hydrogens is 1070 g/mol. The van der Waals surface area contributed by atoms with Crippen molar-refractivity contribution in [2.45, 2.75) is 38.5 Å². The minimum absolute atomic E-state index is 0.275. The summed E-state index contributed by atoms with van der Waals surface area (Å²) in [5, 5.41) is 7.31. The number of rotatable bonds is 8. The predicted molar refractivity (Wildman–Crippen MR) is 369 cm³/mol. The van der Waals surface area contributed by atoms with Gasteiger partial charge in [-0.3, -0.25) is 0 Å². The van der Waals surface area contributed by atoms with Crippen LogP contribution in [0.1, 0.15) is 49.9 Å². The lowest BCUT2D eigenvalue weighted by molar-refractivity contribution is 0.660. The maximum Gasteiger partial charge on any atom is 0.143 e. The third-order valence-electron chi connectivity index (χ3n) is 19.7. The van der Waals surface area contributed by atoms with E-state index in [-0.39, 0.29) is 10.8 Å². The average molecular weight is 1130 g/mol. The number of anilines is 3. The maximum absolute atomic E-state index is 6.58. The van der Waals surface area contributed by atoms with Crippen molar-refractivity contribution in [3.8, 4) is 67.0 Å². The molecular formula is C84H59N3O. The molecule has 18 rings (SSSR count). The summed E-state index contributed by atoms with van der Waals surface area (Å²) in [5.41, 5.74) is 29.3. The summed E-state index contributed by atoms with van der Waals surface area (Å²) in [6.45, 7) is 9.62. The van der Waals surface area contributed by atoms with Gasteiger partial charge in [0, 0.05) is 77.1 Å². The number of hydrogen-bond donors (Lipinski definition) is 0. The minimum Gasteiger partial charge on any atom is -0.455 e. The molecule has 13 aromatic carbocycles. The van der Waals surface area contributed by atoms with Crippen LogP contribution in [0.3, 0.4) is 0 Å². The lowest BCUT2D eigenvalue weighted by atomic mass is 9.81. The van der Waals surface area contributed by atoms with E-state index in [9.17, 15) is 0 Å². The molecule has 0 N–H and O–H groups in total. The first-order valence-corrected chi connectivity index (χ1v) is 30.7. The van der Waals surface area contributed by atoms with Gasteiger partial charge in [0.05, 0.1) is 22.1 Å². The second kappa shape index (κ2) is 18.8. The fourth-order valence-electron chi connectivity index (χ4n) is 15.3. The van der Waals surface area contributed by atoms with Gasteiger partial charge in [-0.1, -0.05) is 204 Å². The zero-order chi connectivity index (χ0) is 58.6. The Hall–Kier alpha value is -10.9. The third-order valence-corrected chi connectivity index (χ3v) is 19.7. The van der Waals surface area contributed by atoms with Crippen molar-refractivity contribution >= 4 is 82.6 Å². The van der Waals surface area contributed by atoms with Crippen LogP contribution in [0, 0.1) is 0 Å². The van der Waals surface area contributed by atoms with Crippen LogP contribution in [0.4, 0.5) is 17.1 Å². The van der Waals surface area contributed by atoms with Crippen LogP contribution in [-0.4, -0.2) is 9.13 Å². The highest BCUT2D eigenvalue weighted by molar-refractivity contribution is 6.12. The number of fused-ring (bicyclic) bond motifs is 15. The monoisotopic (exact) mass is 1130 g/mol. The first kappa shape index (κ1) is 50.4. The van der Waals surface area contributed by atoms with E-state index in [1.807, 2.05) is 6.07 Å². The zero-order valence-electron chi connectivity index (χ0n) is 49.4. The molecule has 2 aliphatic rings. The van der Waals surface area contributed by atoms with E-state index in [0.29, 0.717) is 0 Å². The largest absolute Gasteiger partial charge is 0.455 e. The molecule has 0 fully saturated rings. The summed E-state index contributed by atoms with van der Waals surface area (Å²) in [6, 6.07) is 106. The molecule has 0 amide bonds. The third kappa shape index (κ3) is 7.39. The number of furan rings is 1. The van der Waals surface area contributed by atoms with Gasteiger partial charge in [-0.25, -0.2) is 0 Å². The fraction of sp³-hybridized carbons (Fsp3) is 0.0714. The smallest absolute Gasteiger partial charge is 0.143 e. The number of hydrogen-bond acceptors (Lipinski definition) is 2. The molecule has 3 aromatic heterocycles. The molecule has 2 aliphatic carbocycles. The van der Waals surface area contributed by atoms with Crippen molar-refractivity contribution < 1.29 is 4.42 Å². The van der Waals surface area contributed by atoms with Crippen molar-refractivity contribution in [3.05, 3.63) is 307 Å². The fourth-order valence-corrected chi connectivity index (χ4v) is 15.3. The Labute approximate surface area is 511 Å². The SMILES string of the molecule is CC1(C)c2cc(-c3ccc(-n4c5ccccc5c5ccccc54)cc3)ccc2-c2ccc(N(c3ccc(-c4cccc5c4oc4ccccc45)cc3)c3ccc4c(c3)C(C)(C)c3cc(-c5ccc6c(c5)c5ccccc5n6-c5ccccc5)ccc3-4)cc21. The highest BCUT2D eigenvalue weighted by Crippen LogP contribution is 2.55. The molecule has 4 heteroatoms. The Morgan fingerprint density at radius 3 is 1.27 bits per heavy atom. The van der Waals surface area contributed by atoms with Crippen molar-refractivity contribution in [3.63, 3.8) is 0 Å². The van der Waals surface area contributed by atoms with Gasteiger partial charge in [0.2, 0.25) is 0 Å². The van der Waals surface area contributed by atoms with Crippen LogP contribution in [0.2, 0.25) is 0 Å². The second-order valence-electron chi connectivity index (χ2n) is 25.2. The molecule has 88 heavy (non-hydrogen) atoms. The van der Waals surface area contributed by atoms with Crippen LogP contribution in [0.5, 0.6) is 0 Å². The first-order chi connectivity index (χ1) is 43.1. The minimum atomic E-state index is -0.282. The molecule has 0 bridgehead atoms. The standard InChI is InChI=1S/C84H59N3O/c1-83(2)73-48-55(52-29-36-59(37-30-52)87-77-25-12-8-19-67(77)68-20-9-13-26-78(68)87)33-42-63(73)65-44-40-60(50-75(65)83)85(58-38-31-53(32-39-58)62-23-16-24-71-70-22-11-15-28-81(70)88-82(62)71)61-41-45-66-64-43-34-56(49-74(64)84(3,4)76(66)51-61)54-35-46-80-72(47-54)69-21-10-14-27-79(69)86(80)57-17-6-5-7-18-57/h5-51H,1-4H3. The van der Waals surface area contributed by atoms with E-state index >= 15 is 0 Å². The summed E-state index contributed by atoms with van der Waals surface area (Å²) < 4.78 is 11.4. The Bertz CT molecular complexity index is 5500. The van der Waals surface area contributed by atoms with E-state index in [4.69, 9.17) is 4.42 Å². The molecule has 16 aromatic rings. The molecule has 4 nitrogen and oxygen atoms in total. The average Bonchev–Trinajstić information content (AvgIpc) is 1.73. The molecule has 0 spiro atoms. The molecule has 0 atom stereocenters. The van der Waals surface area contributed by atoms with Crippen molar-refractivity contribution in [1.82, 2.24) is 9.13 Å². The van der Waals surface area contributed by atoms with E-state index in [1.54, 1.807) is 0 Å². The number of aromatic nitrogens is 2. The summed E-state index contributed by atoms with van der Waals surface area (Å²) in [4.78, 5) is 2.47. The Balaban J connectivity index is 0.718. The lowest BCUT2D eigenvalue weighted by Crippen LogP contribution is -2.18. The topological polar surface area (TPSA) is 26.2 Å². The van der Waals surface area contributed by atoms with Gasteiger partial charge in [0.1, 0.15) is 11.2 Å². The Morgan fingerprint density at radius 2 is 0.682 bits per heavy atom. The summed E-state index contributed by atoms with van der Waals surface area (Å²) in [5.74, 6) is 0. The highest BCUT2D eigenvalue weighted by Gasteiger charge is 2.39. The van der Waals surface area contributed by atoms with Gasteiger partial charge in [0.25, 0.3) is 0 Å². The van der Waals surface area contributed by atoms with Crippen LogP contribution in [0.15, 0.2) is 290 Å². The predicted octanol–water partition coefficient (Wildman–Crippen LogP) is 22.9. The summed E-state index contributed by atoms with van der Waals surface area (Å²) in [7, 11) is 0. The lowest BCUT2D eigenvalue weighted by Gasteiger charge is -2.30. The molecule has 3 heterocycles. The first-order valence-electron chi connectivity index (χ1n) is 30.7. The molecule has 0 radical (unpaired) electrons. The Kier molecular flexibility index (Phi) is 10.8. The van der Waals surface area contributed by atoms with E-state index in [2.05, 4.69) is 321 Å². The number of para-hydroxylation sites is 6. The molecule has 0 saturated carbocycles. The molecule has 0 saturated heterocycles. The zero-order valence-corrected chi connectivity index (χ0v) is 49.4. The van der Waals surface area contributed by atoms with Gasteiger partial charge < -0.3 is 18.5 Å². The van der Waals surface area contributed by atoms with Gasteiger partial charge in [-0.15, -0.1) is 0 Å². The quantitative estimate of drug-likeness (QED) is 0.152. The van der Waals surface area contributed by atoms with Crippen LogP contribution < -0.4 is 4.90 Å². The van der Waals surface area contributed by atoms with Crippen molar-refractivity contribution in [2.24, 2.45) is 0 Å². The summed E-state index contributed by atoms with van der Waals surface area (Å²) >= 11 is 0. The van der Waals surface area contributed by atoms with E-state index < -0.39 is 0 Å². The molecule has 0 unspecified atom stereocenters. The normalized spacial score (nSPS) is 13.6. The highest BCUT2D eigenvalue weighted by atomic mass is 16.3. The van der Waals surface area contributed by atoms with Crippen LogP contribution in [0.25, 0.3) is 133 Å². The summed E-state index contributed by atoms with van der Waals surface area (Å²) in [6.07, 6.45) is 0. The van der Waals surface area contributed by atoms with Gasteiger partial charge >= 0.3 is 0 Å². The number of nitrogens with zero attached hydrogens (tertiary/aromatic N) is 3. The second-order valence-corrected chi connectivity index (χ2v) is 25.2. The van der Waals surface area contributed by atoms with Crippen molar-refractivity contribution in [1.29, 1.82) is 0 Å². The van der Waals surface area contributed by atoms with Crippen LogP contribution in [-0.2, 0) is 10.8 Å². The van der Waals surface area contributed by atoms with Crippen molar-refractivity contribution in [2.75, 3.05) is 4.90 Å². The van der Waals surface area contributed by atoms with E-state index in [0.717, 1.165) is 55.8 Å². The maximum atomic E-state index is 6.58. The molecule has 0 aliphatic heterocycles. The molecule has 416 valence electrons. The van der Waals surface area contributed by atoms with Gasteiger partial charge in [0.15, 0.2) is 0 Å². The Morgan fingerprint density at radius 1 is 0.273 bits per heavy atom. The van der Waals surface area contributed by atoms with Crippen LogP contribution >= 0.6 is 0 Å². The van der Waals surface area contributed by atoms with Gasteiger partial charge in [-0.05, 0) is 182 Å². The van der Waals surface area contributed by atoms with E-state index in [1.165, 1.54) is 116 Å².